The molecule has 4 N–H and O–H groups in total. The molecular weight excluding hydrogens is 382 g/mol. The van der Waals surface area contributed by atoms with Crippen LogP contribution in [0.1, 0.15) is 49.0 Å². The van der Waals surface area contributed by atoms with Gasteiger partial charge in [0.25, 0.3) is 5.91 Å². The Balaban J connectivity index is 1.60. The Bertz CT molecular complexity index is 783. The van der Waals surface area contributed by atoms with Crippen LogP contribution < -0.4 is 16.0 Å². The standard InChI is InChI=1S/C19H24ClN5O3/c20-16-6-5-14(24-16)18(27)25-15(8-11-3-4-11)19(28)23-13(10-21)9-12-2-1-7-22-17(12)26/h5-6,11-13,15,24H,1-4,7-9H2,(H,22,26)(H,23,28)(H,25,27)/t12?,13-,15?/m0/s1. The van der Waals surface area contributed by atoms with E-state index in [4.69, 9.17) is 11.6 Å². The summed E-state index contributed by atoms with van der Waals surface area (Å²) >= 11 is 5.81. The summed E-state index contributed by atoms with van der Waals surface area (Å²) in [5.41, 5.74) is 0.273. The number of halogens is 1. The Hall–Kier alpha value is -2.53. The second kappa shape index (κ2) is 9.11. The fraction of sp³-hybridized carbons (Fsp3) is 0.579. The van der Waals surface area contributed by atoms with Gasteiger partial charge in [-0.15, -0.1) is 0 Å². The minimum Gasteiger partial charge on any atom is -0.356 e. The first-order valence-electron chi connectivity index (χ1n) is 9.59. The lowest BCUT2D eigenvalue weighted by Crippen LogP contribution is -2.50. The average Bonchev–Trinajstić information content (AvgIpc) is 3.39. The second-order valence-electron chi connectivity index (χ2n) is 7.48. The summed E-state index contributed by atoms with van der Waals surface area (Å²) in [7, 11) is 0. The number of H-pyrrole nitrogens is 1. The topological polar surface area (TPSA) is 127 Å². The van der Waals surface area contributed by atoms with Crippen LogP contribution in [-0.4, -0.2) is 41.3 Å². The monoisotopic (exact) mass is 405 g/mol. The van der Waals surface area contributed by atoms with Crippen molar-refractivity contribution in [1.82, 2.24) is 20.9 Å². The van der Waals surface area contributed by atoms with E-state index in [1.807, 2.05) is 0 Å². The number of rotatable bonds is 8. The predicted octanol–water partition coefficient (Wildman–Crippen LogP) is 1.49. The zero-order valence-electron chi connectivity index (χ0n) is 15.5. The molecule has 1 aromatic rings. The maximum absolute atomic E-state index is 12.8. The first-order valence-corrected chi connectivity index (χ1v) is 9.97. The minimum absolute atomic E-state index is 0.0767. The first-order chi connectivity index (χ1) is 13.5. The molecule has 2 fully saturated rings. The molecule has 8 nitrogen and oxygen atoms in total. The van der Waals surface area contributed by atoms with E-state index < -0.39 is 23.9 Å². The molecule has 2 aliphatic rings. The summed E-state index contributed by atoms with van der Waals surface area (Å²) in [6, 6.07) is 3.66. The SMILES string of the molecule is N#C[C@H](CC1CCCNC1=O)NC(=O)C(CC1CC1)NC(=O)c1ccc(Cl)[nH]1. The van der Waals surface area contributed by atoms with E-state index in [9.17, 15) is 19.6 Å². The van der Waals surface area contributed by atoms with Crippen LogP contribution >= 0.6 is 11.6 Å². The van der Waals surface area contributed by atoms with Gasteiger partial charge < -0.3 is 20.9 Å². The third-order valence-electron chi connectivity index (χ3n) is 5.17. The molecule has 1 aliphatic carbocycles. The molecule has 3 amide bonds. The summed E-state index contributed by atoms with van der Waals surface area (Å²) < 4.78 is 0. The van der Waals surface area contributed by atoms with Crippen LogP contribution in [0, 0.1) is 23.2 Å². The van der Waals surface area contributed by atoms with Gasteiger partial charge in [-0.05, 0) is 43.7 Å². The maximum Gasteiger partial charge on any atom is 0.268 e. The van der Waals surface area contributed by atoms with Crippen molar-refractivity contribution in [1.29, 1.82) is 5.26 Å². The van der Waals surface area contributed by atoms with E-state index in [0.717, 1.165) is 19.3 Å². The zero-order valence-corrected chi connectivity index (χ0v) is 16.2. The third-order valence-corrected chi connectivity index (χ3v) is 5.40. The van der Waals surface area contributed by atoms with Crippen LogP contribution in [0.2, 0.25) is 5.15 Å². The summed E-state index contributed by atoms with van der Waals surface area (Å²) in [5, 5.41) is 18.0. The highest BCUT2D eigenvalue weighted by atomic mass is 35.5. The van der Waals surface area contributed by atoms with Gasteiger partial charge in [0.15, 0.2) is 0 Å². The van der Waals surface area contributed by atoms with Gasteiger partial charge >= 0.3 is 0 Å². The van der Waals surface area contributed by atoms with Crippen molar-refractivity contribution in [3.63, 3.8) is 0 Å². The van der Waals surface area contributed by atoms with Crippen LogP contribution in [0.15, 0.2) is 12.1 Å². The van der Waals surface area contributed by atoms with Crippen molar-refractivity contribution >= 4 is 29.3 Å². The fourth-order valence-corrected chi connectivity index (χ4v) is 3.58. The van der Waals surface area contributed by atoms with Crippen molar-refractivity contribution in [2.75, 3.05) is 6.54 Å². The van der Waals surface area contributed by atoms with Crippen LogP contribution in [-0.2, 0) is 9.59 Å². The van der Waals surface area contributed by atoms with E-state index in [-0.39, 0.29) is 23.9 Å². The Morgan fingerprint density at radius 1 is 1.25 bits per heavy atom. The molecule has 150 valence electrons. The summed E-state index contributed by atoms with van der Waals surface area (Å²) in [4.78, 5) is 39.8. The van der Waals surface area contributed by atoms with Crippen LogP contribution in [0.3, 0.4) is 0 Å². The molecule has 0 aromatic carbocycles. The predicted molar refractivity (Wildman–Crippen MR) is 102 cm³/mol. The van der Waals surface area contributed by atoms with Crippen molar-refractivity contribution in [2.45, 2.75) is 50.6 Å². The van der Waals surface area contributed by atoms with E-state index >= 15 is 0 Å². The lowest BCUT2D eigenvalue weighted by molar-refractivity contribution is -0.128. The van der Waals surface area contributed by atoms with Crippen LogP contribution in [0.4, 0.5) is 0 Å². The van der Waals surface area contributed by atoms with E-state index in [1.165, 1.54) is 0 Å². The summed E-state index contributed by atoms with van der Waals surface area (Å²) in [6.45, 7) is 0.650. The van der Waals surface area contributed by atoms with Gasteiger partial charge in [-0.3, -0.25) is 14.4 Å². The molecule has 1 aliphatic heterocycles. The van der Waals surface area contributed by atoms with Crippen molar-refractivity contribution in [3.8, 4) is 6.07 Å². The minimum atomic E-state index is -0.778. The van der Waals surface area contributed by atoms with E-state index in [0.29, 0.717) is 30.5 Å². The third kappa shape index (κ3) is 5.49. The highest BCUT2D eigenvalue weighted by molar-refractivity contribution is 6.29. The number of nitrogens with one attached hydrogen (secondary N) is 4. The van der Waals surface area contributed by atoms with Gasteiger partial charge in [0, 0.05) is 12.5 Å². The van der Waals surface area contributed by atoms with Crippen LogP contribution in [0.5, 0.6) is 0 Å². The number of amides is 3. The van der Waals surface area contributed by atoms with Crippen molar-refractivity contribution < 1.29 is 14.4 Å². The second-order valence-corrected chi connectivity index (χ2v) is 7.89. The fourth-order valence-electron chi connectivity index (χ4n) is 3.42. The molecule has 2 heterocycles. The van der Waals surface area contributed by atoms with E-state index in [1.54, 1.807) is 12.1 Å². The number of nitrogens with zero attached hydrogens (tertiary/aromatic N) is 1. The Morgan fingerprint density at radius 3 is 2.64 bits per heavy atom. The van der Waals surface area contributed by atoms with E-state index in [2.05, 4.69) is 27.0 Å². The number of hydrogen-bond donors (Lipinski definition) is 4. The van der Waals surface area contributed by atoms with Gasteiger partial charge in [0.05, 0.1) is 6.07 Å². The van der Waals surface area contributed by atoms with Gasteiger partial charge in [-0.2, -0.15) is 5.26 Å². The molecule has 0 bridgehead atoms. The molecule has 3 atom stereocenters. The van der Waals surface area contributed by atoms with Gasteiger partial charge in [-0.1, -0.05) is 24.4 Å². The number of nitriles is 1. The molecule has 1 saturated heterocycles. The highest BCUT2D eigenvalue weighted by Gasteiger charge is 2.33. The number of carbonyl (C=O) groups excluding carboxylic acids is 3. The number of carbonyl (C=O) groups is 3. The summed E-state index contributed by atoms with van der Waals surface area (Å²) in [5.74, 6) is -0.787. The molecule has 9 heteroatoms. The quantitative estimate of drug-likeness (QED) is 0.522. The van der Waals surface area contributed by atoms with Gasteiger partial charge in [0.1, 0.15) is 22.9 Å². The lowest BCUT2D eigenvalue weighted by atomic mass is 9.92. The number of aromatic nitrogens is 1. The normalized spacial score (nSPS) is 21.1. The number of aromatic amines is 1. The number of hydrogen-bond acceptors (Lipinski definition) is 4. The first kappa shape index (κ1) is 20.2. The zero-order chi connectivity index (χ0) is 20.1. The van der Waals surface area contributed by atoms with Crippen LogP contribution in [0.25, 0.3) is 0 Å². The molecule has 0 radical (unpaired) electrons. The lowest BCUT2D eigenvalue weighted by Gasteiger charge is -2.25. The maximum atomic E-state index is 12.8. The highest BCUT2D eigenvalue weighted by Crippen LogP contribution is 2.33. The summed E-state index contributed by atoms with van der Waals surface area (Å²) in [6.07, 6.45) is 4.41. The molecular formula is C19H24ClN5O3. The van der Waals surface area contributed by atoms with Gasteiger partial charge in [0.2, 0.25) is 11.8 Å². The molecule has 28 heavy (non-hydrogen) atoms. The van der Waals surface area contributed by atoms with Crippen molar-refractivity contribution in [2.24, 2.45) is 11.8 Å². The number of piperidine rings is 1. The molecule has 1 saturated carbocycles. The molecule has 1 aromatic heterocycles. The Morgan fingerprint density at radius 2 is 2.04 bits per heavy atom. The molecule has 3 rings (SSSR count). The average molecular weight is 406 g/mol. The Kier molecular flexibility index (Phi) is 6.57. The smallest absolute Gasteiger partial charge is 0.268 e. The molecule has 2 unspecified atom stereocenters. The van der Waals surface area contributed by atoms with Crippen molar-refractivity contribution in [3.05, 3.63) is 23.0 Å². The Labute approximate surface area is 168 Å². The van der Waals surface area contributed by atoms with Gasteiger partial charge in [-0.25, -0.2) is 0 Å². The molecule has 0 spiro atoms. The largest absolute Gasteiger partial charge is 0.356 e.